The van der Waals surface area contributed by atoms with Crippen LogP contribution in [0.5, 0.6) is 0 Å². The second kappa shape index (κ2) is 8.04. The third-order valence-electron chi connectivity index (χ3n) is 2.65. The summed E-state index contributed by atoms with van der Waals surface area (Å²) in [4.78, 5) is 14.9. The van der Waals surface area contributed by atoms with E-state index in [2.05, 4.69) is 0 Å². The summed E-state index contributed by atoms with van der Waals surface area (Å²) < 4.78 is 0.763. The molecule has 0 aliphatic carbocycles. The Bertz CT molecular complexity index is 380. The third kappa shape index (κ3) is 4.46. The van der Waals surface area contributed by atoms with Gasteiger partial charge in [0.1, 0.15) is 0 Å². The normalized spacial score (nSPS) is 12.4. The number of halogens is 1. The average Bonchev–Trinajstić information content (AvgIpc) is 2.78. The van der Waals surface area contributed by atoms with E-state index in [1.54, 1.807) is 11.8 Å². The molecule has 0 radical (unpaired) electrons. The monoisotopic (exact) mass is 306 g/mol. The Kier molecular flexibility index (Phi) is 7.07. The lowest BCUT2D eigenvalue weighted by atomic mass is 10.3. The van der Waals surface area contributed by atoms with Gasteiger partial charge in [0, 0.05) is 24.5 Å². The maximum absolute atomic E-state index is 11.9. The topological polar surface area (TPSA) is 46.3 Å². The van der Waals surface area contributed by atoms with E-state index in [1.165, 1.54) is 11.3 Å². The molecular formula is C12H19ClN2OS2. The summed E-state index contributed by atoms with van der Waals surface area (Å²) in [7, 11) is 0. The maximum Gasteiger partial charge on any atom is 0.232 e. The van der Waals surface area contributed by atoms with Crippen molar-refractivity contribution in [3.05, 3.63) is 21.3 Å². The zero-order chi connectivity index (χ0) is 13.5. The second-order valence-corrected chi connectivity index (χ2v) is 6.68. The van der Waals surface area contributed by atoms with Crippen molar-refractivity contribution < 1.29 is 4.79 Å². The van der Waals surface area contributed by atoms with Gasteiger partial charge >= 0.3 is 0 Å². The number of nitrogens with zero attached hydrogens (tertiary/aromatic N) is 1. The minimum absolute atomic E-state index is 0.155. The predicted octanol–water partition coefficient (Wildman–Crippen LogP) is 3.00. The zero-order valence-corrected chi connectivity index (χ0v) is 13.1. The van der Waals surface area contributed by atoms with Crippen LogP contribution in [0.15, 0.2) is 12.1 Å². The van der Waals surface area contributed by atoms with E-state index in [4.69, 9.17) is 17.3 Å². The first kappa shape index (κ1) is 15.8. The summed E-state index contributed by atoms with van der Waals surface area (Å²) in [5.74, 6) is 0.644. The van der Waals surface area contributed by atoms with Crippen molar-refractivity contribution in [3.8, 4) is 0 Å². The number of thiophene rings is 1. The molecule has 0 aliphatic heterocycles. The highest BCUT2D eigenvalue weighted by atomic mass is 35.5. The molecule has 0 bridgehead atoms. The van der Waals surface area contributed by atoms with Crippen LogP contribution < -0.4 is 5.73 Å². The molecule has 0 saturated heterocycles. The smallest absolute Gasteiger partial charge is 0.232 e. The largest absolute Gasteiger partial charge is 0.343 e. The van der Waals surface area contributed by atoms with Crippen LogP contribution in [0.2, 0.25) is 4.34 Å². The zero-order valence-electron chi connectivity index (χ0n) is 10.7. The van der Waals surface area contributed by atoms with Crippen molar-refractivity contribution >= 4 is 40.6 Å². The van der Waals surface area contributed by atoms with E-state index >= 15 is 0 Å². The van der Waals surface area contributed by atoms with Crippen LogP contribution in [0.4, 0.5) is 0 Å². The van der Waals surface area contributed by atoms with Gasteiger partial charge in [0.25, 0.3) is 0 Å². The SMILES string of the molecule is CCN(CC)C(=O)CSC(CN)c1ccc(Cl)s1. The number of thioether (sulfide) groups is 1. The lowest BCUT2D eigenvalue weighted by Gasteiger charge is -2.20. The number of carbonyl (C=O) groups excluding carboxylic acids is 1. The molecular weight excluding hydrogens is 288 g/mol. The molecule has 6 heteroatoms. The highest BCUT2D eigenvalue weighted by Crippen LogP contribution is 2.34. The van der Waals surface area contributed by atoms with E-state index < -0.39 is 0 Å². The Morgan fingerprint density at radius 1 is 1.50 bits per heavy atom. The van der Waals surface area contributed by atoms with E-state index in [1.807, 2.05) is 30.9 Å². The van der Waals surface area contributed by atoms with Crippen molar-refractivity contribution in [1.29, 1.82) is 0 Å². The molecule has 18 heavy (non-hydrogen) atoms. The lowest BCUT2D eigenvalue weighted by Crippen LogP contribution is -2.32. The molecule has 2 N–H and O–H groups in total. The molecule has 1 unspecified atom stereocenters. The van der Waals surface area contributed by atoms with Crippen molar-refractivity contribution in [3.63, 3.8) is 0 Å². The lowest BCUT2D eigenvalue weighted by molar-refractivity contribution is -0.127. The van der Waals surface area contributed by atoms with Crippen molar-refractivity contribution in [2.45, 2.75) is 19.1 Å². The molecule has 1 atom stereocenters. The number of amides is 1. The van der Waals surface area contributed by atoms with E-state index in [9.17, 15) is 4.79 Å². The van der Waals surface area contributed by atoms with Gasteiger partial charge in [-0.1, -0.05) is 11.6 Å². The fourth-order valence-corrected chi connectivity index (χ4v) is 3.92. The highest BCUT2D eigenvalue weighted by molar-refractivity contribution is 8.00. The van der Waals surface area contributed by atoms with Gasteiger partial charge in [0.2, 0.25) is 5.91 Å². The standard InChI is InChI=1S/C12H19ClN2OS2/c1-3-15(4-2)12(16)8-17-10(7-14)9-5-6-11(13)18-9/h5-6,10H,3-4,7-8,14H2,1-2H3. The first-order valence-corrected chi connectivity index (χ1v) is 8.21. The first-order valence-electron chi connectivity index (χ1n) is 5.97. The fourth-order valence-electron chi connectivity index (χ4n) is 1.61. The first-order chi connectivity index (χ1) is 8.62. The summed E-state index contributed by atoms with van der Waals surface area (Å²) in [5, 5.41) is 0.155. The minimum atomic E-state index is 0.155. The van der Waals surface area contributed by atoms with Crippen LogP contribution >= 0.6 is 34.7 Å². The molecule has 1 amide bonds. The molecule has 0 aromatic carbocycles. The van der Waals surface area contributed by atoms with Crippen LogP contribution in [0, 0.1) is 0 Å². The molecule has 1 heterocycles. The van der Waals surface area contributed by atoms with Gasteiger partial charge in [0.05, 0.1) is 15.3 Å². The van der Waals surface area contributed by atoms with Gasteiger partial charge < -0.3 is 10.6 Å². The summed E-state index contributed by atoms with van der Waals surface area (Å²) in [6.45, 7) is 6.02. The number of rotatable bonds is 7. The maximum atomic E-state index is 11.9. The Morgan fingerprint density at radius 3 is 2.61 bits per heavy atom. The molecule has 0 saturated carbocycles. The molecule has 1 aromatic heterocycles. The van der Waals surface area contributed by atoms with Gasteiger partial charge in [-0.2, -0.15) is 0 Å². The van der Waals surface area contributed by atoms with Gasteiger partial charge in [-0.05, 0) is 26.0 Å². The van der Waals surface area contributed by atoms with Crippen LogP contribution in [-0.2, 0) is 4.79 Å². The molecule has 1 aromatic rings. The van der Waals surface area contributed by atoms with E-state index in [0.29, 0.717) is 12.3 Å². The summed E-state index contributed by atoms with van der Waals surface area (Å²) >= 11 is 9.04. The molecule has 0 fully saturated rings. The summed E-state index contributed by atoms with van der Waals surface area (Å²) in [6, 6.07) is 3.86. The quantitative estimate of drug-likeness (QED) is 0.842. The van der Waals surface area contributed by atoms with E-state index in [-0.39, 0.29) is 11.2 Å². The minimum Gasteiger partial charge on any atom is -0.343 e. The van der Waals surface area contributed by atoms with Crippen LogP contribution in [0.1, 0.15) is 24.0 Å². The van der Waals surface area contributed by atoms with Crippen LogP contribution in [-0.4, -0.2) is 36.2 Å². The fraction of sp³-hybridized carbons (Fsp3) is 0.583. The molecule has 1 rings (SSSR count). The van der Waals surface area contributed by atoms with Gasteiger partial charge in [-0.25, -0.2) is 0 Å². The van der Waals surface area contributed by atoms with Gasteiger partial charge in [0.15, 0.2) is 0 Å². The predicted molar refractivity (Wildman–Crippen MR) is 81.5 cm³/mol. The molecule has 0 aliphatic rings. The van der Waals surface area contributed by atoms with Gasteiger partial charge in [-0.3, -0.25) is 4.79 Å². The van der Waals surface area contributed by atoms with Gasteiger partial charge in [-0.15, -0.1) is 23.1 Å². The third-order valence-corrected chi connectivity index (χ3v) is 5.41. The Hall–Kier alpha value is -0.230. The number of hydrogen-bond donors (Lipinski definition) is 1. The van der Waals surface area contributed by atoms with Crippen LogP contribution in [0.25, 0.3) is 0 Å². The number of hydrogen-bond acceptors (Lipinski definition) is 4. The van der Waals surface area contributed by atoms with Crippen LogP contribution in [0.3, 0.4) is 0 Å². The number of nitrogens with two attached hydrogens (primary N) is 1. The van der Waals surface area contributed by atoms with Crippen molar-refractivity contribution in [2.75, 3.05) is 25.4 Å². The number of carbonyl (C=O) groups is 1. The highest BCUT2D eigenvalue weighted by Gasteiger charge is 2.16. The Morgan fingerprint density at radius 2 is 2.17 bits per heavy atom. The molecule has 3 nitrogen and oxygen atoms in total. The summed E-state index contributed by atoms with van der Waals surface area (Å²) in [6.07, 6.45) is 0. The molecule has 102 valence electrons. The Balaban J connectivity index is 2.52. The molecule has 0 spiro atoms. The second-order valence-electron chi connectivity index (χ2n) is 3.74. The Labute approximate surface area is 122 Å². The summed E-state index contributed by atoms with van der Waals surface area (Å²) in [5.41, 5.74) is 5.76. The average molecular weight is 307 g/mol. The van der Waals surface area contributed by atoms with Crippen molar-refractivity contribution in [1.82, 2.24) is 4.90 Å². The van der Waals surface area contributed by atoms with Crippen molar-refractivity contribution in [2.24, 2.45) is 5.73 Å². The van der Waals surface area contributed by atoms with E-state index in [0.717, 1.165) is 22.3 Å².